The Labute approximate surface area is 136 Å². The smallest absolute Gasteiger partial charge is 0.261 e. The molecule has 1 N–H and O–H groups in total. The fraction of sp³-hybridized carbons (Fsp3) is 0.647. The van der Waals surface area contributed by atoms with Gasteiger partial charge in [-0.1, -0.05) is 25.3 Å². The minimum atomic E-state index is -0.0397. The number of hydrogen-bond donors (Lipinski definition) is 1. The van der Waals surface area contributed by atoms with Crippen molar-refractivity contribution in [1.29, 1.82) is 0 Å². The van der Waals surface area contributed by atoms with Crippen LogP contribution in [-0.2, 0) is 4.79 Å². The maximum Gasteiger partial charge on any atom is 0.261 e. The number of nitrogens with one attached hydrogen (secondary N) is 1. The van der Waals surface area contributed by atoms with Gasteiger partial charge in [0.2, 0.25) is 5.91 Å². The molecule has 1 aromatic heterocycles. The van der Waals surface area contributed by atoms with Crippen LogP contribution < -0.4 is 5.32 Å². The Bertz CT molecular complexity index is 467. The van der Waals surface area contributed by atoms with Gasteiger partial charge in [-0.15, -0.1) is 11.3 Å². The van der Waals surface area contributed by atoms with Crippen molar-refractivity contribution in [3.63, 3.8) is 0 Å². The van der Waals surface area contributed by atoms with Crippen molar-refractivity contribution in [2.24, 2.45) is 0 Å². The van der Waals surface area contributed by atoms with Crippen molar-refractivity contribution in [1.82, 2.24) is 10.2 Å². The van der Waals surface area contributed by atoms with Gasteiger partial charge in [0.05, 0.1) is 4.88 Å². The first-order valence-corrected chi connectivity index (χ1v) is 9.21. The molecule has 122 valence electrons. The van der Waals surface area contributed by atoms with Gasteiger partial charge < -0.3 is 10.2 Å². The average Bonchev–Trinajstić information content (AvgIpc) is 3.07. The van der Waals surface area contributed by atoms with Crippen LogP contribution in [0.25, 0.3) is 0 Å². The number of nitrogens with zero attached hydrogens (tertiary/aromatic N) is 1. The number of amides is 2. The second-order valence-electron chi connectivity index (χ2n) is 5.81. The minimum absolute atomic E-state index is 0.0397. The van der Waals surface area contributed by atoms with Crippen LogP contribution in [0.3, 0.4) is 0 Å². The molecule has 0 bridgehead atoms. The quantitative estimate of drug-likeness (QED) is 0.782. The Morgan fingerprint density at radius 1 is 1.32 bits per heavy atom. The molecule has 0 aliphatic heterocycles. The summed E-state index contributed by atoms with van der Waals surface area (Å²) in [6, 6.07) is 4.12. The lowest BCUT2D eigenvalue weighted by Gasteiger charge is -2.33. The Balaban J connectivity index is 1.68. The predicted molar refractivity (Wildman–Crippen MR) is 90.1 cm³/mol. The zero-order valence-corrected chi connectivity index (χ0v) is 14.2. The molecule has 0 saturated heterocycles. The molecule has 0 aromatic carbocycles. The SMILES string of the molecule is CCN(C(=O)CCCNC(=O)c1cccs1)C1CCCCC1. The fourth-order valence-electron chi connectivity index (χ4n) is 3.11. The molecule has 4 nitrogen and oxygen atoms in total. The monoisotopic (exact) mass is 322 g/mol. The molecule has 2 amide bonds. The molecular formula is C17H26N2O2S. The number of thiophene rings is 1. The van der Waals surface area contributed by atoms with Gasteiger partial charge in [0.15, 0.2) is 0 Å². The highest BCUT2D eigenvalue weighted by atomic mass is 32.1. The summed E-state index contributed by atoms with van der Waals surface area (Å²) < 4.78 is 0. The summed E-state index contributed by atoms with van der Waals surface area (Å²) >= 11 is 1.44. The van der Waals surface area contributed by atoms with E-state index in [0.717, 1.165) is 24.3 Å². The highest BCUT2D eigenvalue weighted by Crippen LogP contribution is 2.23. The summed E-state index contributed by atoms with van der Waals surface area (Å²) in [6.07, 6.45) is 7.31. The second-order valence-corrected chi connectivity index (χ2v) is 6.76. The van der Waals surface area contributed by atoms with E-state index in [1.54, 1.807) is 0 Å². The minimum Gasteiger partial charge on any atom is -0.351 e. The van der Waals surface area contributed by atoms with Crippen molar-refractivity contribution < 1.29 is 9.59 Å². The van der Waals surface area contributed by atoms with Gasteiger partial charge >= 0.3 is 0 Å². The van der Waals surface area contributed by atoms with E-state index in [9.17, 15) is 9.59 Å². The Kier molecular flexibility index (Phi) is 6.90. The first-order chi connectivity index (χ1) is 10.7. The van der Waals surface area contributed by atoms with Gasteiger partial charge in [-0.2, -0.15) is 0 Å². The van der Waals surface area contributed by atoms with Gasteiger partial charge in [-0.3, -0.25) is 9.59 Å². The molecule has 1 fully saturated rings. The Hall–Kier alpha value is -1.36. The summed E-state index contributed by atoms with van der Waals surface area (Å²) in [5.41, 5.74) is 0. The molecule has 2 rings (SSSR count). The summed E-state index contributed by atoms with van der Waals surface area (Å²) in [5, 5.41) is 4.77. The second kappa shape index (κ2) is 8.93. The molecular weight excluding hydrogens is 296 g/mol. The van der Waals surface area contributed by atoms with Crippen molar-refractivity contribution in [3.05, 3.63) is 22.4 Å². The molecule has 0 unspecified atom stereocenters. The van der Waals surface area contributed by atoms with E-state index in [2.05, 4.69) is 12.2 Å². The van der Waals surface area contributed by atoms with E-state index in [1.807, 2.05) is 22.4 Å². The molecule has 1 saturated carbocycles. The normalized spacial score (nSPS) is 15.5. The number of rotatable bonds is 7. The lowest BCUT2D eigenvalue weighted by Crippen LogP contribution is -2.41. The van der Waals surface area contributed by atoms with Gasteiger partial charge in [0.1, 0.15) is 0 Å². The molecule has 1 aliphatic rings. The van der Waals surface area contributed by atoms with Gasteiger partial charge in [-0.25, -0.2) is 0 Å². The zero-order valence-electron chi connectivity index (χ0n) is 13.3. The number of carbonyl (C=O) groups is 2. The Morgan fingerprint density at radius 2 is 2.09 bits per heavy atom. The Morgan fingerprint density at radius 3 is 2.73 bits per heavy atom. The summed E-state index contributed by atoms with van der Waals surface area (Å²) in [7, 11) is 0. The zero-order chi connectivity index (χ0) is 15.8. The van der Waals surface area contributed by atoms with Crippen molar-refractivity contribution >= 4 is 23.2 Å². The number of carbonyl (C=O) groups excluding carboxylic acids is 2. The summed E-state index contributed by atoms with van der Waals surface area (Å²) in [4.78, 5) is 26.9. The molecule has 0 spiro atoms. The summed E-state index contributed by atoms with van der Waals surface area (Å²) in [6.45, 7) is 3.42. The molecule has 0 atom stereocenters. The first kappa shape index (κ1) is 17.0. The predicted octanol–water partition coefficient (Wildman–Crippen LogP) is 3.44. The highest BCUT2D eigenvalue weighted by molar-refractivity contribution is 7.12. The fourth-order valence-corrected chi connectivity index (χ4v) is 3.75. The number of hydrogen-bond acceptors (Lipinski definition) is 3. The van der Waals surface area contributed by atoms with Gasteiger partial charge in [0.25, 0.3) is 5.91 Å². The van der Waals surface area contributed by atoms with Crippen molar-refractivity contribution in [3.8, 4) is 0 Å². The van der Waals surface area contributed by atoms with E-state index >= 15 is 0 Å². The van der Waals surface area contributed by atoms with Crippen LogP contribution >= 0.6 is 11.3 Å². The van der Waals surface area contributed by atoms with Crippen LogP contribution in [0.2, 0.25) is 0 Å². The third-order valence-electron chi connectivity index (χ3n) is 4.27. The molecule has 1 aliphatic carbocycles. The van der Waals surface area contributed by atoms with E-state index < -0.39 is 0 Å². The lowest BCUT2D eigenvalue weighted by molar-refractivity contribution is -0.134. The van der Waals surface area contributed by atoms with Crippen molar-refractivity contribution in [2.45, 2.75) is 57.9 Å². The third kappa shape index (κ3) is 4.83. The maximum atomic E-state index is 12.4. The van der Waals surface area contributed by atoms with Crippen molar-refractivity contribution in [2.75, 3.05) is 13.1 Å². The highest BCUT2D eigenvalue weighted by Gasteiger charge is 2.23. The topological polar surface area (TPSA) is 49.4 Å². The van der Waals surface area contributed by atoms with E-state index in [-0.39, 0.29) is 11.8 Å². The van der Waals surface area contributed by atoms with Crippen LogP contribution in [0.4, 0.5) is 0 Å². The average molecular weight is 322 g/mol. The standard InChI is InChI=1S/C17H26N2O2S/c1-2-19(14-8-4-3-5-9-14)16(20)11-6-12-18-17(21)15-10-7-13-22-15/h7,10,13-14H,2-6,8-9,11-12H2,1H3,(H,18,21). The van der Waals surface area contributed by atoms with Crippen LogP contribution in [0.5, 0.6) is 0 Å². The van der Waals surface area contributed by atoms with Crippen LogP contribution in [0.15, 0.2) is 17.5 Å². The van der Waals surface area contributed by atoms with Gasteiger partial charge in [-0.05, 0) is 37.6 Å². The third-order valence-corrected chi connectivity index (χ3v) is 5.14. The largest absolute Gasteiger partial charge is 0.351 e. The van der Waals surface area contributed by atoms with Crippen LogP contribution in [0, 0.1) is 0 Å². The van der Waals surface area contributed by atoms with E-state index in [4.69, 9.17) is 0 Å². The summed E-state index contributed by atoms with van der Waals surface area (Å²) in [5.74, 6) is 0.196. The maximum absolute atomic E-state index is 12.4. The van der Waals surface area contributed by atoms with E-state index in [1.165, 1.54) is 30.6 Å². The molecule has 22 heavy (non-hydrogen) atoms. The molecule has 0 radical (unpaired) electrons. The van der Waals surface area contributed by atoms with Crippen LogP contribution in [0.1, 0.15) is 61.5 Å². The van der Waals surface area contributed by atoms with Gasteiger partial charge in [0, 0.05) is 25.6 Å². The molecule has 1 heterocycles. The molecule has 1 aromatic rings. The lowest BCUT2D eigenvalue weighted by atomic mass is 9.94. The van der Waals surface area contributed by atoms with E-state index in [0.29, 0.717) is 25.4 Å². The molecule has 5 heteroatoms. The first-order valence-electron chi connectivity index (χ1n) is 8.33. The van der Waals surface area contributed by atoms with Crippen LogP contribution in [-0.4, -0.2) is 35.8 Å².